The average Bonchev–Trinajstić information content (AvgIpc) is 3.07. The van der Waals surface area contributed by atoms with E-state index in [1.807, 2.05) is 0 Å². The van der Waals surface area contributed by atoms with E-state index in [0.29, 0.717) is 0 Å². The first-order chi connectivity index (χ1) is 16.3. The molecule has 6 nitrogen and oxygen atoms in total. The Kier molecular flexibility index (Phi) is 5.88. The summed E-state index contributed by atoms with van der Waals surface area (Å²) in [4.78, 5) is 19.4. The summed E-state index contributed by atoms with van der Waals surface area (Å²) in [6.07, 6.45) is -7.54. The molecule has 3 atom stereocenters. The minimum atomic E-state index is -4.89. The Morgan fingerprint density at radius 2 is 1.89 bits per heavy atom. The van der Waals surface area contributed by atoms with Crippen LogP contribution in [-0.4, -0.2) is 35.6 Å². The van der Waals surface area contributed by atoms with Crippen molar-refractivity contribution >= 4 is 17.6 Å². The van der Waals surface area contributed by atoms with Crippen molar-refractivity contribution in [1.82, 2.24) is 4.98 Å². The van der Waals surface area contributed by atoms with Crippen LogP contribution < -0.4 is 11.1 Å². The third-order valence-corrected chi connectivity index (χ3v) is 5.94. The predicted molar refractivity (Wildman–Crippen MR) is 105 cm³/mol. The first kappa shape index (κ1) is 24.7. The number of pyridine rings is 1. The van der Waals surface area contributed by atoms with Crippen molar-refractivity contribution in [1.29, 1.82) is 0 Å². The van der Waals surface area contributed by atoms with Crippen LogP contribution in [0.1, 0.15) is 34.5 Å². The van der Waals surface area contributed by atoms with Gasteiger partial charge in [-0.1, -0.05) is 0 Å². The number of amides is 1. The highest BCUT2D eigenvalue weighted by molar-refractivity contribution is 6.03. The summed E-state index contributed by atoms with van der Waals surface area (Å²) < 4.78 is 115. The van der Waals surface area contributed by atoms with Crippen LogP contribution in [-0.2, 0) is 16.5 Å². The van der Waals surface area contributed by atoms with Gasteiger partial charge >= 0.3 is 6.18 Å². The highest BCUT2D eigenvalue weighted by Crippen LogP contribution is 2.53. The molecule has 2 aliphatic rings. The Hall–Kier alpha value is -3.45. The largest absolute Gasteiger partial charge is 0.461 e. The van der Waals surface area contributed by atoms with Crippen molar-refractivity contribution < 1.29 is 44.7 Å². The second-order valence-electron chi connectivity index (χ2n) is 8.24. The number of benzene rings is 1. The Morgan fingerprint density at radius 1 is 1.17 bits per heavy atom. The molecule has 3 N–H and O–H groups in total. The molecule has 0 radical (unpaired) electrons. The van der Waals surface area contributed by atoms with Crippen molar-refractivity contribution in [2.24, 2.45) is 16.6 Å². The summed E-state index contributed by atoms with van der Waals surface area (Å²) in [5, 5.41) is 2.12. The van der Waals surface area contributed by atoms with Crippen LogP contribution in [0.2, 0.25) is 0 Å². The smallest absolute Gasteiger partial charge is 0.417 e. The van der Waals surface area contributed by atoms with E-state index in [1.54, 1.807) is 0 Å². The highest BCUT2D eigenvalue weighted by atomic mass is 19.4. The van der Waals surface area contributed by atoms with Gasteiger partial charge in [0.25, 0.3) is 17.9 Å². The number of ether oxygens (including phenoxy) is 1. The molecule has 1 aromatic heterocycles. The van der Waals surface area contributed by atoms with E-state index >= 15 is 0 Å². The maximum Gasteiger partial charge on any atom is 0.417 e. The zero-order valence-corrected chi connectivity index (χ0v) is 17.5. The van der Waals surface area contributed by atoms with Crippen LogP contribution in [0.15, 0.2) is 35.5 Å². The summed E-state index contributed by atoms with van der Waals surface area (Å²) in [5.74, 6) is -8.46. The fraction of sp³-hybridized carbons (Fsp3) is 0.381. The SMILES string of the molecule is NC1=N[C@](CF)(c2cc(NC(=O)c3ncc(C(F)(F)F)cc3F)ccc2F)[C@H]2CC(F)(F)C[C@H]2O1. The number of aromatic nitrogens is 1. The van der Waals surface area contributed by atoms with Crippen molar-refractivity contribution in [3.05, 3.63) is 58.9 Å². The Morgan fingerprint density at radius 3 is 2.51 bits per heavy atom. The Labute approximate surface area is 192 Å². The summed E-state index contributed by atoms with van der Waals surface area (Å²) in [5.41, 5.74) is 0.192. The zero-order chi connectivity index (χ0) is 25.8. The monoisotopic (exact) mass is 508 g/mol. The number of amidine groups is 1. The topological polar surface area (TPSA) is 89.6 Å². The molecule has 1 amide bonds. The van der Waals surface area contributed by atoms with E-state index in [9.17, 15) is 39.9 Å². The lowest BCUT2D eigenvalue weighted by atomic mass is 9.76. The molecule has 14 heteroatoms. The number of fused-ring (bicyclic) bond motifs is 1. The van der Waals surface area contributed by atoms with E-state index in [1.165, 1.54) is 0 Å². The highest BCUT2D eigenvalue weighted by Gasteiger charge is 2.60. The number of hydrogen-bond donors (Lipinski definition) is 2. The van der Waals surface area contributed by atoms with Gasteiger partial charge in [0, 0.05) is 36.2 Å². The average molecular weight is 508 g/mol. The van der Waals surface area contributed by atoms with Gasteiger partial charge in [0.2, 0.25) is 0 Å². The van der Waals surface area contributed by atoms with Crippen LogP contribution in [0.4, 0.5) is 40.8 Å². The third-order valence-electron chi connectivity index (χ3n) is 5.94. The van der Waals surface area contributed by atoms with Gasteiger partial charge in [0.15, 0.2) is 11.5 Å². The normalized spacial score (nSPS) is 25.4. The lowest BCUT2D eigenvalue weighted by Gasteiger charge is -2.40. The van der Waals surface area contributed by atoms with Gasteiger partial charge in [-0.15, -0.1) is 0 Å². The van der Waals surface area contributed by atoms with E-state index in [-0.39, 0.29) is 18.0 Å². The first-order valence-corrected chi connectivity index (χ1v) is 10.1. The summed E-state index contributed by atoms with van der Waals surface area (Å²) in [6.45, 7) is -1.43. The van der Waals surface area contributed by atoms with Gasteiger partial charge in [-0.2, -0.15) is 13.2 Å². The molecule has 1 fully saturated rings. The minimum absolute atomic E-state index is 0.0794. The van der Waals surface area contributed by atoms with E-state index in [4.69, 9.17) is 10.5 Å². The standard InChI is InChI=1S/C21H16F8N4O2/c22-8-20(12-5-19(25,26)6-15(12)35-18(30)33-20)11-4-10(1-2-13(11)23)32-17(34)16-14(24)3-9(7-31-16)21(27,28)29/h1-4,7,12,15H,5-6,8H2,(H2,30,33)(H,32,34)/t12-,15+,20+/m0/s1. The van der Waals surface area contributed by atoms with Gasteiger partial charge in [-0.25, -0.2) is 31.9 Å². The minimum Gasteiger partial charge on any atom is -0.461 e. The van der Waals surface area contributed by atoms with Crippen molar-refractivity contribution in [3.8, 4) is 0 Å². The molecule has 2 aromatic rings. The fourth-order valence-corrected chi connectivity index (χ4v) is 4.38. The van der Waals surface area contributed by atoms with E-state index in [2.05, 4.69) is 15.3 Å². The van der Waals surface area contributed by atoms with Gasteiger partial charge in [0.05, 0.1) is 5.56 Å². The molecule has 35 heavy (non-hydrogen) atoms. The van der Waals surface area contributed by atoms with Crippen molar-refractivity contribution in [3.63, 3.8) is 0 Å². The number of halogens is 8. The maximum absolute atomic E-state index is 14.8. The fourth-order valence-electron chi connectivity index (χ4n) is 4.38. The molecule has 1 aromatic carbocycles. The predicted octanol–water partition coefficient (Wildman–Crippen LogP) is 4.55. The molecule has 188 valence electrons. The molecule has 0 bridgehead atoms. The van der Waals surface area contributed by atoms with Crippen molar-refractivity contribution in [2.45, 2.75) is 36.6 Å². The number of carbonyl (C=O) groups is 1. The van der Waals surface area contributed by atoms with E-state index in [0.717, 1.165) is 18.2 Å². The summed E-state index contributed by atoms with van der Waals surface area (Å²) >= 11 is 0. The molecule has 0 unspecified atom stereocenters. The third kappa shape index (κ3) is 4.48. The second kappa shape index (κ2) is 8.34. The molecule has 4 rings (SSSR count). The van der Waals surface area contributed by atoms with Gasteiger partial charge in [0.1, 0.15) is 24.1 Å². The molecule has 1 saturated carbocycles. The van der Waals surface area contributed by atoms with Crippen LogP contribution in [0, 0.1) is 17.6 Å². The number of aliphatic imine (C=N–C) groups is 1. The quantitative estimate of drug-likeness (QED) is 0.593. The summed E-state index contributed by atoms with van der Waals surface area (Å²) in [6, 6.07) is 2.16. The van der Waals surface area contributed by atoms with E-state index < -0.39 is 89.6 Å². The van der Waals surface area contributed by atoms with Gasteiger partial charge < -0.3 is 15.8 Å². The second-order valence-corrected chi connectivity index (χ2v) is 8.24. The van der Waals surface area contributed by atoms with Crippen LogP contribution in [0.25, 0.3) is 0 Å². The number of nitrogens with zero attached hydrogens (tertiary/aromatic N) is 2. The lowest BCUT2D eigenvalue weighted by molar-refractivity contribution is -0.138. The lowest BCUT2D eigenvalue weighted by Crippen LogP contribution is -2.48. The summed E-state index contributed by atoms with van der Waals surface area (Å²) in [7, 11) is 0. The molecule has 1 aliphatic heterocycles. The van der Waals surface area contributed by atoms with Crippen molar-refractivity contribution in [2.75, 3.05) is 12.0 Å². The Bertz CT molecular complexity index is 1200. The van der Waals surface area contributed by atoms with Crippen LogP contribution in [0.5, 0.6) is 0 Å². The number of nitrogens with one attached hydrogen (secondary N) is 1. The number of rotatable bonds is 4. The molecular formula is C21H16F8N4O2. The van der Waals surface area contributed by atoms with Gasteiger partial charge in [-0.05, 0) is 24.3 Å². The maximum atomic E-state index is 14.8. The molecule has 0 saturated heterocycles. The molecule has 2 heterocycles. The number of alkyl halides is 6. The molecule has 1 aliphatic carbocycles. The Balaban J connectivity index is 1.69. The zero-order valence-electron chi connectivity index (χ0n) is 17.5. The number of hydrogen-bond acceptors (Lipinski definition) is 5. The first-order valence-electron chi connectivity index (χ1n) is 10.1. The number of carbonyl (C=O) groups excluding carboxylic acids is 1. The van der Waals surface area contributed by atoms with Crippen LogP contribution in [0.3, 0.4) is 0 Å². The molecular weight excluding hydrogens is 492 g/mol. The van der Waals surface area contributed by atoms with Gasteiger partial charge in [-0.3, -0.25) is 4.79 Å². The molecule has 0 spiro atoms. The number of anilines is 1. The number of nitrogens with two attached hydrogens (primary N) is 1. The van der Waals surface area contributed by atoms with Crippen LogP contribution >= 0.6 is 0 Å².